The molecule has 128 valence electrons. The number of aliphatic hydroxyl groups excluding tert-OH is 1. The van der Waals surface area contributed by atoms with Gasteiger partial charge in [0.1, 0.15) is 5.82 Å². The molecular weight excluding hydrogens is 327 g/mol. The molecule has 7 nitrogen and oxygen atoms in total. The van der Waals surface area contributed by atoms with Crippen LogP contribution in [0.1, 0.15) is 15.9 Å². The third-order valence-electron chi connectivity index (χ3n) is 4.46. The SMILES string of the molecule is O=C(c1ccn2c(=O)[nH]nc2c1)N1CC(CO)Cc2cccc(F)c21. The highest BCUT2D eigenvalue weighted by Crippen LogP contribution is 2.33. The molecule has 4 rings (SSSR count). The highest BCUT2D eigenvalue weighted by molar-refractivity contribution is 6.07. The van der Waals surface area contributed by atoms with Crippen LogP contribution in [0.2, 0.25) is 0 Å². The molecule has 8 heteroatoms. The van der Waals surface area contributed by atoms with E-state index in [1.807, 2.05) is 0 Å². The van der Waals surface area contributed by atoms with E-state index in [2.05, 4.69) is 10.2 Å². The number of nitrogens with one attached hydrogen (secondary N) is 1. The molecule has 0 saturated carbocycles. The van der Waals surface area contributed by atoms with Crippen molar-refractivity contribution in [3.8, 4) is 0 Å². The number of rotatable bonds is 2. The van der Waals surface area contributed by atoms with E-state index >= 15 is 0 Å². The molecule has 25 heavy (non-hydrogen) atoms. The summed E-state index contributed by atoms with van der Waals surface area (Å²) in [5.41, 5.74) is 1.13. The van der Waals surface area contributed by atoms with Crippen molar-refractivity contribution in [2.24, 2.45) is 5.92 Å². The molecule has 1 amide bonds. The molecule has 1 atom stereocenters. The van der Waals surface area contributed by atoms with Crippen molar-refractivity contribution in [1.29, 1.82) is 0 Å². The summed E-state index contributed by atoms with van der Waals surface area (Å²) < 4.78 is 15.6. The van der Waals surface area contributed by atoms with Crippen LogP contribution >= 0.6 is 0 Å². The van der Waals surface area contributed by atoms with Gasteiger partial charge < -0.3 is 10.0 Å². The zero-order valence-corrected chi connectivity index (χ0v) is 13.1. The average molecular weight is 342 g/mol. The Morgan fingerprint density at radius 3 is 3.04 bits per heavy atom. The number of aromatic amines is 1. The number of benzene rings is 1. The van der Waals surface area contributed by atoms with Crippen molar-refractivity contribution in [1.82, 2.24) is 14.6 Å². The van der Waals surface area contributed by atoms with Crippen LogP contribution in [-0.2, 0) is 6.42 Å². The van der Waals surface area contributed by atoms with Gasteiger partial charge in [0.25, 0.3) is 5.91 Å². The fourth-order valence-corrected chi connectivity index (χ4v) is 3.25. The van der Waals surface area contributed by atoms with Gasteiger partial charge >= 0.3 is 5.69 Å². The molecule has 3 aromatic rings. The van der Waals surface area contributed by atoms with E-state index < -0.39 is 17.4 Å². The van der Waals surface area contributed by atoms with Crippen LogP contribution in [0.5, 0.6) is 0 Å². The fraction of sp³-hybridized carbons (Fsp3) is 0.235. The Morgan fingerprint density at radius 2 is 2.24 bits per heavy atom. The summed E-state index contributed by atoms with van der Waals surface area (Å²) in [5.74, 6) is -1.03. The van der Waals surface area contributed by atoms with Crippen molar-refractivity contribution in [2.45, 2.75) is 6.42 Å². The number of H-pyrrole nitrogens is 1. The van der Waals surface area contributed by atoms with Crippen molar-refractivity contribution < 1.29 is 14.3 Å². The zero-order valence-electron chi connectivity index (χ0n) is 13.1. The summed E-state index contributed by atoms with van der Waals surface area (Å²) in [6, 6.07) is 7.64. The number of carbonyl (C=O) groups is 1. The van der Waals surface area contributed by atoms with E-state index in [0.717, 1.165) is 0 Å². The van der Waals surface area contributed by atoms with Crippen molar-refractivity contribution in [3.05, 3.63) is 64.0 Å². The molecule has 2 N–H and O–H groups in total. The lowest BCUT2D eigenvalue weighted by atomic mass is 9.92. The van der Waals surface area contributed by atoms with Gasteiger partial charge in [-0.05, 0) is 30.2 Å². The highest BCUT2D eigenvalue weighted by Gasteiger charge is 2.31. The number of aromatic nitrogens is 3. The van der Waals surface area contributed by atoms with E-state index in [0.29, 0.717) is 23.2 Å². The molecule has 0 bridgehead atoms. The first-order valence-corrected chi connectivity index (χ1v) is 7.85. The Kier molecular flexibility index (Phi) is 3.61. The normalized spacial score (nSPS) is 16.9. The Hall–Kier alpha value is -3.00. The lowest BCUT2D eigenvalue weighted by Crippen LogP contribution is -2.41. The summed E-state index contributed by atoms with van der Waals surface area (Å²) in [6.07, 6.45) is 1.96. The number of carbonyl (C=O) groups excluding carboxylic acids is 1. The van der Waals surface area contributed by atoms with E-state index in [1.54, 1.807) is 12.1 Å². The molecule has 1 aliphatic rings. The third-order valence-corrected chi connectivity index (χ3v) is 4.46. The number of pyridine rings is 1. The van der Waals surface area contributed by atoms with Gasteiger partial charge in [-0.25, -0.2) is 14.3 Å². The number of halogens is 1. The molecular formula is C17H15FN4O3. The zero-order chi connectivity index (χ0) is 17.6. The van der Waals surface area contributed by atoms with Gasteiger partial charge in [0.15, 0.2) is 5.65 Å². The van der Waals surface area contributed by atoms with Gasteiger partial charge in [-0.2, -0.15) is 5.10 Å². The van der Waals surface area contributed by atoms with Crippen molar-refractivity contribution in [2.75, 3.05) is 18.1 Å². The minimum Gasteiger partial charge on any atom is -0.396 e. The number of para-hydroxylation sites is 1. The molecule has 0 radical (unpaired) electrons. The van der Waals surface area contributed by atoms with Crippen LogP contribution in [0.4, 0.5) is 10.1 Å². The number of anilines is 1. The Morgan fingerprint density at radius 1 is 1.40 bits per heavy atom. The van der Waals surface area contributed by atoms with Crippen LogP contribution in [0, 0.1) is 11.7 Å². The highest BCUT2D eigenvalue weighted by atomic mass is 19.1. The van der Waals surface area contributed by atoms with E-state index in [4.69, 9.17) is 0 Å². The van der Waals surface area contributed by atoms with Crippen LogP contribution in [-0.4, -0.2) is 38.8 Å². The first-order chi connectivity index (χ1) is 12.1. The predicted octanol–water partition coefficient (Wildman–Crippen LogP) is 0.973. The van der Waals surface area contributed by atoms with Crippen molar-refractivity contribution >= 4 is 17.2 Å². The number of amides is 1. The number of hydrogen-bond acceptors (Lipinski definition) is 4. The Labute approximate surface area is 141 Å². The summed E-state index contributed by atoms with van der Waals surface area (Å²) >= 11 is 0. The third kappa shape index (κ3) is 2.51. The summed E-state index contributed by atoms with van der Waals surface area (Å²) in [6.45, 7) is 0.134. The van der Waals surface area contributed by atoms with Crippen LogP contribution in [0.3, 0.4) is 0 Å². The maximum absolute atomic E-state index is 14.4. The molecule has 1 unspecified atom stereocenters. The van der Waals surface area contributed by atoms with Crippen LogP contribution in [0.15, 0.2) is 41.3 Å². The lowest BCUT2D eigenvalue weighted by Gasteiger charge is -2.34. The second-order valence-electron chi connectivity index (χ2n) is 6.09. The van der Waals surface area contributed by atoms with E-state index in [1.165, 1.54) is 33.7 Å². The summed E-state index contributed by atoms with van der Waals surface area (Å²) in [5, 5.41) is 15.7. The second-order valence-corrected chi connectivity index (χ2v) is 6.09. The van der Waals surface area contributed by atoms with Gasteiger partial charge in [0.05, 0.1) is 5.69 Å². The van der Waals surface area contributed by atoms with E-state index in [-0.39, 0.29) is 24.8 Å². The Bertz CT molecular complexity index is 1030. The molecule has 2 aromatic heterocycles. The summed E-state index contributed by atoms with van der Waals surface area (Å²) in [4.78, 5) is 25.9. The monoisotopic (exact) mass is 342 g/mol. The number of aliphatic hydroxyl groups is 1. The van der Waals surface area contributed by atoms with Gasteiger partial charge in [-0.15, -0.1) is 0 Å². The first kappa shape index (κ1) is 15.5. The molecule has 1 aromatic carbocycles. The number of hydrogen-bond donors (Lipinski definition) is 2. The lowest BCUT2D eigenvalue weighted by molar-refractivity contribution is 0.0973. The minimum atomic E-state index is -0.473. The second kappa shape index (κ2) is 5.82. The topological polar surface area (TPSA) is 90.7 Å². The summed E-state index contributed by atoms with van der Waals surface area (Å²) in [7, 11) is 0. The number of fused-ring (bicyclic) bond motifs is 2. The van der Waals surface area contributed by atoms with Gasteiger partial charge in [0, 0.05) is 30.8 Å². The molecule has 0 aliphatic carbocycles. The predicted molar refractivity (Wildman–Crippen MR) is 88.2 cm³/mol. The minimum absolute atomic E-state index is 0.0898. The van der Waals surface area contributed by atoms with E-state index in [9.17, 15) is 19.1 Å². The molecule has 0 spiro atoms. The fourth-order valence-electron chi connectivity index (χ4n) is 3.25. The maximum Gasteiger partial charge on any atom is 0.347 e. The molecule has 0 fully saturated rings. The van der Waals surface area contributed by atoms with Crippen molar-refractivity contribution in [3.63, 3.8) is 0 Å². The first-order valence-electron chi connectivity index (χ1n) is 7.85. The van der Waals surface area contributed by atoms with Gasteiger partial charge in [0.2, 0.25) is 0 Å². The smallest absolute Gasteiger partial charge is 0.347 e. The van der Waals surface area contributed by atoms with Gasteiger partial charge in [-0.3, -0.25) is 9.20 Å². The molecule has 1 aliphatic heterocycles. The molecule has 0 saturated heterocycles. The van der Waals surface area contributed by atoms with Gasteiger partial charge in [-0.1, -0.05) is 12.1 Å². The largest absolute Gasteiger partial charge is 0.396 e. The van der Waals surface area contributed by atoms with Crippen LogP contribution in [0.25, 0.3) is 5.65 Å². The number of nitrogens with zero attached hydrogens (tertiary/aromatic N) is 3. The molecule has 3 heterocycles. The van der Waals surface area contributed by atoms with Crippen LogP contribution < -0.4 is 10.6 Å². The average Bonchev–Trinajstić information content (AvgIpc) is 3.00. The maximum atomic E-state index is 14.4. The quantitative estimate of drug-likeness (QED) is 0.726. The Balaban J connectivity index is 1.79. The standard InChI is InChI=1S/C17H15FN4O3/c18-13-3-1-2-11-6-10(9-23)8-22(15(11)13)16(24)12-4-5-21-14(7-12)19-20-17(21)25/h1-5,7,10,23H,6,8-9H2,(H,20,25).